The molecule has 0 bridgehead atoms. The van der Waals surface area contributed by atoms with Crippen molar-refractivity contribution in [3.63, 3.8) is 0 Å². The smallest absolute Gasteiger partial charge is 0.240 e. The number of rotatable bonds is 6. The molecule has 3 nitrogen and oxygen atoms in total. The Morgan fingerprint density at radius 1 is 1.53 bits per heavy atom. The maximum absolute atomic E-state index is 12.1. The summed E-state index contributed by atoms with van der Waals surface area (Å²) in [5.74, 6) is 1.87. The average Bonchev–Trinajstić information content (AvgIpc) is 2.38. The lowest BCUT2D eigenvalue weighted by atomic mass is 10.3. The van der Waals surface area contributed by atoms with Crippen molar-refractivity contribution in [1.29, 1.82) is 0 Å². The number of thioether (sulfide) groups is 1. The fraction of sp³-hybridized carbons (Fsp3) is 0.538. The van der Waals surface area contributed by atoms with Crippen LogP contribution in [0, 0.1) is 0 Å². The Bertz CT molecular complexity index is 343. The Morgan fingerprint density at radius 3 is 2.88 bits per heavy atom. The SMILES string of the molecule is CCCCS[C@H](C)C(=O)N(C)c1ccccn1. The Morgan fingerprint density at radius 2 is 2.29 bits per heavy atom. The molecule has 0 radical (unpaired) electrons. The van der Waals surface area contributed by atoms with Crippen LogP contribution in [0.25, 0.3) is 0 Å². The predicted molar refractivity (Wildman–Crippen MR) is 74.5 cm³/mol. The lowest BCUT2D eigenvalue weighted by molar-refractivity contribution is -0.117. The molecule has 0 aliphatic carbocycles. The third-order valence-electron chi connectivity index (χ3n) is 2.54. The molecule has 0 saturated heterocycles. The van der Waals surface area contributed by atoms with E-state index in [1.165, 1.54) is 6.42 Å². The molecule has 1 rings (SSSR count). The highest BCUT2D eigenvalue weighted by Crippen LogP contribution is 2.17. The van der Waals surface area contributed by atoms with Crippen molar-refractivity contribution in [3.8, 4) is 0 Å². The summed E-state index contributed by atoms with van der Waals surface area (Å²) in [5, 5.41) is -0.00597. The van der Waals surface area contributed by atoms with Crippen LogP contribution in [0.5, 0.6) is 0 Å². The molecule has 1 aromatic heterocycles. The molecule has 1 heterocycles. The van der Waals surface area contributed by atoms with Crippen molar-refractivity contribution in [2.45, 2.75) is 31.9 Å². The number of unbranched alkanes of at least 4 members (excludes halogenated alkanes) is 1. The molecule has 1 aromatic rings. The largest absolute Gasteiger partial charge is 0.299 e. The van der Waals surface area contributed by atoms with Gasteiger partial charge in [-0.25, -0.2) is 4.98 Å². The highest BCUT2D eigenvalue weighted by Gasteiger charge is 2.19. The molecule has 0 fully saturated rings. The number of carbonyl (C=O) groups is 1. The first-order valence-corrected chi connectivity index (χ1v) is 7.02. The molecule has 0 aliphatic rings. The van der Waals surface area contributed by atoms with Crippen molar-refractivity contribution in [2.24, 2.45) is 0 Å². The molecule has 0 unspecified atom stereocenters. The fourth-order valence-electron chi connectivity index (χ4n) is 1.41. The second kappa shape index (κ2) is 7.33. The summed E-state index contributed by atoms with van der Waals surface area (Å²) in [6.07, 6.45) is 4.04. The maximum atomic E-state index is 12.1. The first kappa shape index (κ1) is 14.0. The number of hydrogen-bond acceptors (Lipinski definition) is 3. The zero-order chi connectivity index (χ0) is 12.7. The van der Waals surface area contributed by atoms with Gasteiger partial charge in [-0.1, -0.05) is 19.4 Å². The zero-order valence-electron chi connectivity index (χ0n) is 10.7. The van der Waals surface area contributed by atoms with Crippen LogP contribution in [-0.2, 0) is 4.79 Å². The lowest BCUT2D eigenvalue weighted by Gasteiger charge is -2.20. The number of carbonyl (C=O) groups excluding carboxylic acids is 1. The normalized spacial score (nSPS) is 12.2. The summed E-state index contributed by atoms with van der Waals surface area (Å²) in [6, 6.07) is 5.59. The Labute approximate surface area is 108 Å². The molecule has 0 spiro atoms. The highest BCUT2D eigenvalue weighted by atomic mass is 32.2. The number of pyridine rings is 1. The van der Waals surface area contributed by atoms with E-state index in [-0.39, 0.29) is 11.2 Å². The standard InChI is InChI=1S/C13H20N2OS/c1-4-5-10-17-11(2)13(16)15(3)12-8-6-7-9-14-12/h6-9,11H,4-5,10H2,1-3H3/t11-/m1/s1. The number of nitrogens with zero attached hydrogens (tertiary/aromatic N) is 2. The van der Waals surface area contributed by atoms with Gasteiger partial charge in [0.05, 0.1) is 5.25 Å². The van der Waals surface area contributed by atoms with E-state index < -0.39 is 0 Å². The van der Waals surface area contributed by atoms with Crippen LogP contribution in [0.4, 0.5) is 5.82 Å². The average molecular weight is 252 g/mol. The summed E-state index contributed by atoms with van der Waals surface area (Å²) >= 11 is 1.71. The van der Waals surface area contributed by atoms with Gasteiger partial charge in [0.25, 0.3) is 0 Å². The molecule has 1 atom stereocenters. The fourth-order valence-corrected chi connectivity index (χ4v) is 2.52. The van der Waals surface area contributed by atoms with Gasteiger partial charge in [0.1, 0.15) is 5.82 Å². The van der Waals surface area contributed by atoms with E-state index in [0.29, 0.717) is 5.82 Å². The topological polar surface area (TPSA) is 33.2 Å². The third-order valence-corrected chi connectivity index (χ3v) is 3.76. The quantitative estimate of drug-likeness (QED) is 0.730. The molecular weight excluding hydrogens is 232 g/mol. The molecule has 94 valence electrons. The van der Waals surface area contributed by atoms with Gasteiger partial charge in [-0.2, -0.15) is 0 Å². The molecule has 0 saturated carbocycles. The van der Waals surface area contributed by atoms with Crippen LogP contribution in [0.3, 0.4) is 0 Å². The van der Waals surface area contributed by atoms with Gasteiger partial charge in [0, 0.05) is 13.2 Å². The molecular formula is C13H20N2OS. The minimum absolute atomic E-state index is 0.00597. The molecule has 0 aromatic carbocycles. The van der Waals surface area contributed by atoms with Gasteiger partial charge >= 0.3 is 0 Å². The zero-order valence-corrected chi connectivity index (χ0v) is 11.5. The molecule has 0 aliphatic heterocycles. The molecule has 17 heavy (non-hydrogen) atoms. The van der Waals surface area contributed by atoms with Gasteiger partial charge in [0.15, 0.2) is 0 Å². The van der Waals surface area contributed by atoms with Gasteiger partial charge < -0.3 is 0 Å². The summed E-state index contributed by atoms with van der Waals surface area (Å²) in [5.41, 5.74) is 0. The lowest BCUT2D eigenvalue weighted by Crippen LogP contribution is -2.33. The van der Waals surface area contributed by atoms with E-state index in [1.54, 1.807) is 29.9 Å². The Hall–Kier alpha value is -1.03. The summed E-state index contributed by atoms with van der Waals surface area (Å²) < 4.78 is 0. The van der Waals surface area contributed by atoms with Gasteiger partial charge in [-0.3, -0.25) is 9.69 Å². The van der Waals surface area contributed by atoms with Crippen molar-refractivity contribution < 1.29 is 4.79 Å². The summed E-state index contributed by atoms with van der Waals surface area (Å²) in [4.78, 5) is 17.9. The monoisotopic (exact) mass is 252 g/mol. The maximum Gasteiger partial charge on any atom is 0.240 e. The highest BCUT2D eigenvalue weighted by molar-refractivity contribution is 8.00. The first-order valence-electron chi connectivity index (χ1n) is 5.97. The van der Waals surface area contributed by atoms with E-state index in [9.17, 15) is 4.79 Å². The number of aromatic nitrogens is 1. The number of amides is 1. The van der Waals surface area contributed by atoms with Crippen molar-refractivity contribution >= 4 is 23.5 Å². The van der Waals surface area contributed by atoms with Gasteiger partial charge in [-0.15, -0.1) is 11.8 Å². The van der Waals surface area contributed by atoms with Crippen LogP contribution < -0.4 is 4.90 Å². The Balaban J connectivity index is 2.51. The van der Waals surface area contributed by atoms with E-state index in [0.717, 1.165) is 12.2 Å². The second-order valence-electron chi connectivity index (χ2n) is 3.95. The van der Waals surface area contributed by atoms with Crippen molar-refractivity contribution in [1.82, 2.24) is 4.98 Å². The van der Waals surface area contributed by atoms with Crippen LogP contribution in [0.2, 0.25) is 0 Å². The number of anilines is 1. The van der Waals surface area contributed by atoms with Crippen molar-refractivity contribution in [3.05, 3.63) is 24.4 Å². The van der Waals surface area contributed by atoms with E-state index >= 15 is 0 Å². The van der Waals surface area contributed by atoms with E-state index in [2.05, 4.69) is 11.9 Å². The molecule has 0 N–H and O–H groups in total. The van der Waals surface area contributed by atoms with Crippen LogP contribution in [-0.4, -0.2) is 28.9 Å². The van der Waals surface area contributed by atoms with Crippen LogP contribution in [0.15, 0.2) is 24.4 Å². The van der Waals surface area contributed by atoms with Crippen LogP contribution in [0.1, 0.15) is 26.7 Å². The van der Waals surface area contributed by atoms with Crippen LogP contribution >= 0.6 is 11.8 Å². The number of hydrogen-bond donors (Lipinski definition) is 0. The van der Waals surface area contributed by atoms with Gasteiger partial charge in [0.2, 0.25) is 5.91 Å². The van der Waals surface area contributed by atoms with Crippen molar-refractivity contribution in [2.75, 3.05) is 17.7 Å². The predicted octanol–water partition coefficient (Wildman–Crippen LogP) is 2.97. The van der Waals surface area contributed by atoms with E-state index in [4.69, 9.17) is 0 Å². The Kier molecular flexibility index (Phi) is 6.05. The minimum Gasteiger partial charge on any atom is -0.299 e. The van der Waals surface area contributed by atoms with Gasteiger partial charge in [-0.05, 0) is 31.2 Å². The summed E-state index contributed by atoms with van der Waals surface area (Å²) in [6.45, 7) is 4.12. The first-order chi connectivity index (χ1) is 8.16. The second-order valence-corrected chi connectivity index (χ2v) is 5.40. The van der Waals surface area contributed by atoms with E-state index in [1.807, 2.05) is 25.1 Å². The summed E-state index contributed by atoms with van der Waals surface area (Å²) in [7, 11) is 1.78. The molecule has 1 amide bonds. The molecule has 4 heteroatoms. The minimum atomic E-state index is -0.00597. The third kappa shape index (κ3) is 4.38.